The van der Waals surface area contributed by atoms with E-state index in [0.717, 1.165) is 0 Å². The van der Waals surface area contributed by atoms with Crippen LogP contribution in [-0.2, 0) is 0 Å². The van der Waals surface area contributed by atoms with Gasteiger partial charge in [-0.2, -0.15) is 0 Å². The van der Waals surface area contributed by atoms with Gasteiger partial charge in [0.05, 0.1) is 10.7 Å². The third-order valence-electron chi connectivity index (χ3n) is 3.79. The number of halogens is 3. The minimum absolute atomic E-state index is 0.126. The molecule has 0 aliphatic heterocycles. The average Bonchev–Trinajstić information content (AvgIpc) is 2.72. The number of carbonyl (C=O) groups excluding carboxylic acids is 2. The Morgan fingerprint density at radius 3 is 2.03 bits per heavy atom. The van der Waals surface area contributed by atoms with E-state index in [9.17, 15) is 14.7 Å². The van der Waals surface area contributed by atoms with Crippen molar-refractivity contribution >= 4 is 52.2 Å². The van der Waals surface area contributed by atoms with Crippen molar-refractivity contribution < 1.29 is 14.7 Å². The lowest BCUT2D eigenvalue weighted by molar-refractivity contribution is 0.102. The van der Waals surface area contributed by atoms with Crippen molar-refractivity contribution in [3.05, 3.63) is 92.4 Å². The number of phenolic OH excluding ortho intramolecular Hbond substituents is 1. The van der Waals surface area contributed by atoms with Crippen LogP contribution in [0, 0.1) is 0 Å². The summed E-state index contributed by atoms with van der Waals surface area (Å²) >= 11 is 17.9. The van der Waals surface area contributed by atoms with Crippen LogP contribution in [0.15, 0.2) is 60.7 Å². The minimum Gasteiger partial charge on any atom is -0.506 e. The lowest BCUT2D eigenvalue weighted by atomic mass is 10.0. The number of hydrogen-bond donors (Lipinski definition) is 2. The molecule has 4 nitrogen and oxygen atoms in total. The molecule has 0 saturated heterocycles. The fraction of sp³-hybridized carbons (Fsp3) is 0.0909. The SMILES string of the molecule is CC.O=C(Nc1cc(Cl)ccc1O)c1ccc(Cl)c(C(=O)c2ccc(Cl)cc2)c1. The molecule has 1 amide bonds. The summed E-state index contributed by atoms with van der Waals surface area (Å²) in [5, 5.41) is 13.5. The zero-order valence-electron chi connectivity index (χ0n) is 15.7. The summed E-state index contributed by atoms with van der Waals surface area (Å²) in [6, 6.07) is 15.0. The number of amides is 1. The predicted octanol–water partition coefficient (Wildman–Crippen LogP) is 6.86. The van der Waals surface area contributed by atoms with E-state index in [1.165, 1.54) is 36.4 Å². The number of phenols is 1. The molecule has 0 heterocycles. The summed E-state index contributed by atoms with van der Waals surface area (Å²) < 4.78 is 0. The van der Waals surface area contributed by atoms with E-state index in [0.29, 0.717) is 15.6 Å². The van der Waals surface area contributed by atoms with Crippen LogP contribution in [0.4, 0.5) is 5.69 Å². The van der Waals surface area contributed by atoms with E-state index in [-0.39, 0.29) is 33.4 Å². The zero-order chi connectivity index (χ0) is 21.6. The lowest BCUT2D eigenvalue weighted by Gasteiger charge is -2.10. The van der Waals surface area contributed by atoms with Crippen LogP contribution in [0.5, 0.6) is 5.75 Å². The monoisotopic (exact) mass is 449 g/mol. The normalized spacial score (nSPS) is 9.97. The highest BCUT2D eigenvalue weighted by Gasteiger charge is 2.17. The smallest absolute Gasteiger partial charge is 0.255 e. The Hall–Kier alpha value is -2.53. The van der Waals surface area contributed by atoms with Crippen molar-refractivity contribution in [3.8, 4) is 5.75 Å². The van der Waals surface area contributed by atoms with Crippen molar-refractivity contribution in [2.45, 2.75) is 13.8 Å². The highest BCUT2D eigenvalue weighted by Crippen LogP contribution is 2.28. The second-order valence-corrected chi connectivity index (χ2v) is 6.93. The number of benzene rings is 3. The fourth-order valence-corrected chi connectivity index (χ4v) is 2.90. The Labute approximate surface area is 184 Å². The Kier molecular flexibility index (Phi) is 8.09. The van der Waals surface area contributed by atoms with E-state index in [2.05, 4.69) is 5.32 Å². The molecule has 0 fully saturated rings. The van der Waals surface area contributed by atoms with Crippen molar-refractivity contribution in [2.24, 2.45) is 0 Å². The summed E-state index contributed by atoms with van der Waals surface area (Å²) in [5.41, 5.74) is 0.942. The third-order valence-corrected chi connectivity index (χ3v) is 4.60. The minimum atomic E-state index is -0.519. The second kappa shape index (κ2) is 10.3. The number of hydrogen-bond acceptors (Lipinski definition) is 3. The van der Waals surface area contributed by atoms with Crippen LogP contribution in [0.2, 0.25) is 15.1 Å². The van der Waals surface area contributed by atoms with E-state index in [1.807, 2.05) is 13.8 Å². The second-order valence-electron chi connectivity index (χ2n) is 5.65. The van der Waals surface area contributed by atoms with Gasteiger partial charge in [-0.3, -0.25) is 9.59 Å². The molecule has 3 rings (SSSR count). The molecule has 7 heteroatoms. The number of rotatable bonds is 4. The van der Waals surface area contributed by atoms with Crippen LogP contribution in [0.25, 0.3) is 0 Å². The zero-order valence-corrected chi connectivity index (χ0v) is 17.9. The maximum absolute atomic E-state index is 12.7. The standard InChI is InChI=1S/C20H12Cl3NO3.C2H6/c21-13-4-1-11(2-5-13)19(26)15-9-12(3-7-16(15)23)20(27)24-17-10-14(22)6-8-18(17)25;1-2/h1-10,25H,(H,24,27);1-2H3. The summed E-state index contributed by atoms with van der Waals surface area (Å²) in [6.07, 6.45) is 0. The van der Waals surface area contributed by atoms with Crippen molar-refractivity contribution in [2.75, 3.05) is 5.32 Å². The highest BCUT2D eigenvalue weighted by molar-refractivity contribution is 6.35. The molecule has 0 spiro atoms. The first-order valence-corrected chi connectivity index (χ1v) is 9.88. The highest BCUT2D eigenvalue weighted by atomic mass is 35.5. The van der Waals surface area contributed by atoms with E-state index in [4.69, 9.17) is 34.8 Å². The molecule has 3 aromatic rings. The number of aromatic hydroxyl groups is 1. The molecule has 2 N–H and O–H groups in total. The first-order valence-electron chi connectivity index (χ1n) is 8.75. The van der Waals surface area contributed by atoms with Crippen LogP contribution >= 0.6 is 34.8 Å². The molecule has 0 radical (unpaired) electrons. The van der Waals surface area contributed by atoms with Gasteiger partial charge in [-0.25, -0.2) is 0 Å². The predicted molar refractivity (Wildman–Crippen MR) is 119 cm³/mol. The van der Waals surface area contributed by atoms with Gasteiger partial charge >= 0.3 is 0 Å². The number of anilines is 1. The maximum Gasteiger partial charge on any atom is 0.255 e. The molecule has 0 unspecified atom stereocenters. The summed E-state index contributed by atoms with van der Waals surface area (Å²) in [5.74, 6) is -0.981. The van der Waals surface area contributed by atoms with E-state index >= 15 is 0 Å². The average molecular weight is 451 g/mol. The molecule has 29 heavy (non-hydrogen) atoms. The van der Waals surface area contributed by atoms with Gasteiger partial charge < -0.3 is 10.4 Å². The summed E-state index contributed by atoms with van der Waals surface area (Å²) in [7, 11) is 0. The van der Waals surface area contributed by atoms with Crippen LogP contribution < -0.4 is 5.32 Å². The van der Waals surface area contributed by atoms with Gasteiger partial charge in [0.25, 0.3) is 5.91 Å². The molecule has 0 bridgehead atoms. The molecule has 0 aliphatic rings. The van der Waals surface area contributed by atoms with Gasteiger partial charge in [0.15, 0.2) is 5.78 Å². The van der Waals surface area contributed by atoms with Crippen molar-refractivity contribution in [1.82, 2.24) is 0 Å². The van der Waals surface area contributed by atoms with Crippen molar-refractivity contribution in [1.29, 1.82) is 0 Å². The molecular formula is C22H18Cl3NO3. The number of carbonyl (C=O) groups is 2. The Morgan fingerprint density at radius 2 is 1.38 bits per heavy atom. The molecule has 0 atom stereocenters. The van der Waals surface area contributed by atoms with Crippen molar-refractivity contribution in [3.63, 3.8) is 0 Å². The van der Waals surface area contributed by atoms with Gasteiger partial charge in [-0.05, 0) is 60.7 Å². The Bertz CT molecular complexity index is 1030. The van der Waals surface area contributed by atoms with Gasteiger partial charge in [-0.15, -0.1) is 0 Å². The Balaban J connectivity index is 0.00000145. The first-order chi connectivity index (χ1) is 13.8. The first kappa shape index (κ1) is 22.8. The van der Waals surface area contributed by atoms with Gasteiger partial charge in [-0.1, -0.05) is 48.7 Å². The van der Waals surface area contributed by atoms with Crippen LogP contribution in [0.3, 0.4) is 0 Å². The van der Waals surface area contributed by atoms with Gasteiger partial charge in [0.2, 0.25) is 0 Å². The van der Waals surface area contributed by atoms with Crippen LogP contribution in [0.1, 0.15) is 40.1 Å². The topological polar surface area (TPSA) is 66.4 Å². The van der Waals surface area contributed by atoms with Crippen LogP contribution in [-0.4, -0.2) is 16.8 Å². The summed E-state index contributed by atoms with van der Waals surface area (Å²) in [4.78, 5) is 25.2. The van der Waals surface area contributed by atoms with E-state index in [1.54, 1.807) is 24.3 Å². The largest absolute Gasteiger partial charge is 0.506 e. The molecule has 150 valence electrons. The maximum atomic E-state index is 12.7. The Morgan fingerprint density at radius 1 is 0.793 bits per heavy atom. The number of ketones is 1. The quantitative estimate of drug-likeness (QED) is 0.337. The number of nitrogens with one attached hydrogen (secondary N) is 1. The molecule has 0 saturated carbocycles. The van der Waals surface area contributed by atoms with Gasteiger partial charge in [0, 0.05) is 26.7 Å². The summed E-state index contributed by atoms with van der Waals surface area (Å²) in [6.45, 7) is 4.00. The molecule has 3 aromatic carbocycles. The molecular weight excluding hydrogens is 433 g/mol. The van der Waals surface area contributed by atoms with Gasteiger partial charge in [0.1, 0.15) is 5.75 Å². The fourth-order valence-electron chi connectivity index (χ4n) is 2.40. The van der Waals surface area contributed by atoms with E-state index < -0.39 is 5.91 Å². The lowest BCUT2D eigenvalue weighted by Crippen LogP contribution is -2.13. The molecule has 0 aromatic heterocycles. The molecule has 0 aliphatic carbocycles. The third kappa shape index (κ3) is 5.73.